The molecule has 0 aliphatic heterocycles. The molecule has 2 N–H and O–H groups in total. The summed E-state index contributed by atoms with van der Waals surface area (Å²) < 4.78 is 4.89. The molecule has 5 heteroatoms. The first-order chi connectivity index (χ1) is 6.15. The summed E-state index contributed by atoms with van der Waals surface area (Å²) in [4.78, 5) is 0. The van der Waals surface area contributed by atoms with Crippen LogP contribution in [0.25, 0.3) is 0 Å². The van der Waals surface area contributed by atoms with E-state index in [0.717, 1.165) is 5.56 Å². The summed E-state index contributed by atoms with van der Waals surface area (Å²) in [5.41, 5.74) is 1.11. The number of ether oxygens (including phenoxy) is 1. The van der Waals surface area contributed by atoms with E-state index in [1.807, 2.05) is 0 Å². The van der Waals surface area contributed by atoms with E-state index >= 15 is 0 Å². The van der Waals surface area contributed by atoms with Gasteiger partial charge in [-0.3, -0.25) is 0 Å². The topological polar surface area (TPSA) is 49.7 Å². The average molecular weight is 200 g/mol. The molecular formula is C8H10BClO3. The molecule has 3 nitrogen and oxygen atoms in total. The van der Waals surface area contributed by atoms with Gasteiger partial charge in [-0.2, -0.15) is 0 Å². The van der Waals surface area contributed by atoms with E-state index in [1.165, 1.54) is 6.07 Å². The first kappa shape index (κ1) is 10.5. The molecular weight excluding hydrogens is 190 g/mol. The van der Waals surface area contributed by atoms with E-state index in [9.17, 15) is 0 Å². The first-order valence-corrected chi connectivity index (χ1v) is 4.16. The van der Waals surface area contributed by atoms with E-state index in [4.69, 9.17) is 26.4 Å². The molecule has 1 aromatic carbocycles. The first-order valence-electron chi connectivity index (χ1n) is 3.78. The minimum absolute atomic E-state index is 0.337. The van der Waals surface area contributed by atoms with Gasteiger partial charge in [-0.15, -0.1) is 0 Å². The molecule has 0 fully saturated rings. The van der Waals surface area contributed by atoms with E-state index in [1.54, 1.807) is 19.2 Å². The molecule has 0 heterocycles. The summed E-state index contributed by atoms with van der Waals surface area (Å²) in [6.45, 7) is 0.337. The maximum atomic E-state index is 9.00. The van der Waals surface area contributed by atoms with Crippen molar-refractivity contribution in [2.24, 2.45) is 0 Å². The molecule has 0 aliphatic rings. The number of methoxy groups -OCH3 is 1. The Bertz CT molecular complexity index is 291. The molecule has 0 unspecified atom stereocenters. The quantitative estimate of drug-likeness (QED) is 0.684. The Kier molecular flexibility index (Phi) is 3.75. The maximum Gasteiger partial charge on any atom is 0.488 e. The third-order valence-electron chi connectivity index (χ3n) is 1.69. The fourth-order valence-electron chi connectivity index (χ4n) is 1.09. The van der Waals surface area contributed by atoms with Gasteiger partial charge in [0.1, 0.15) is 0 Å². The molecule has 1 aromatic rings. The van der Waals surface area contributed by atoms with E-state index < -0.39 is 7.12 Å². The lowest BCUT2D eigenvalue weighted by Crippen LogP contribution is -2.33. The summed E-state index contributed by atoms with van der Waals surface area (Å²) in [6.07, 6.45) is 0. The second-order valence-corrected chi connectivity index (χ2v) is 3.09. The molecule has 13 heavy (non-hydrogen) atoms. The van der Waals surface area contributed by atoms with Crippen LogP contribution in [0.5, 0.6) is 0 Å². The normalized spacial score (nSPS) is 10.2. The van der Waals surface area contributed by atoms with E-state index in [2.05, 4.69) is 0 Å². The molecule has 0 atom stereocenters. The average Bonchev–Trinajstić information content (AvgIpc) is 2.08. The zero-order valence-electron chi connectivity index (χ0n) is 7.20. The lowest BCUT2D eigenvalue weighted by molar-refractivity contribution is 0.185. The summed E-state index contributed by atoms with van der Waals surface area (Å²) in [6, 6.07) is 4.91. The van der Waals surface area contributed by atoms with Gasteiger partial charge >= 0.3 is 7.12 Å². The number of hydrogen-bond donors (Lipinski definition) is 2. The summed E-state index contributed by atoms with van der Waals surface area (Å²) in [5, 5.41) is 18.5. The molecule has 70 valence electrons. The molecule has 0 spiro atoms. The van der Waals surface area contributed by atoms with Crippen molar-refractivity contribution >= 4 is 24.2 Å². The molecule has 0 bridgehead atoms. The predicted molar refractivity (Wildman–Crippen MR) is 52.0 cm³/mol. The van der Waals surface area contributed by atoms with Gasteiger partial charge in [0.05, 0.1) is 6.61 Å². The highest BCUT2D eigenvalue weighted by Gasteiger charge is 2.15. The minimum atomic E-state index is -1.51. The highest BCUT2D eigenvalue weighted by atomic mass is 35.5. The zero-order chi connectivity index (χ0) is 9.84. The lowest BCUT2D eigenvalue weighted by atomic mass is 9.77. The van der Waals surface area contributed by atoms with Crippen molar-refractivity contribution in [1.82, 2.24) is 0 Å². The van der Waals surface area contributed by atoms with Crippen LogP contribution in [-0.2, 0) is 11.3 Å². The maximum absolute atomic E-state index is 9.00. The molecule has 0 saturated heterocycles. The molecule has 0 saturated carbocycles. The van der Waals surface area contributed by atoms with Gasteiger partial charge in [0, 0.05) is 12.1 Å². The van der Waals surface area contributed by atoms with Crippen LogP contribution in [0.3, 0.4) is 0 Å². The van der Waals surface area contributed by atoms with Gasteiger partial charge in [-0.25, -0.2) is 0 Å². The van der Waals surface area contributed by atoms with Crippen LogP contribution in [0.4, 0.5) is 0 Å². The standard InChI is InChI=1S/C8H10BClO3/c1-13-5-6-2-3-7(10)4-8(6)9(11)12/h2-4,11-12H,5H2,1H3. The Hall–Kier alpha value is -0.545. The third-order valence-corrected chi connectivity index (χ3v) is 1.92. The van der Waals surface area contributed by atoms with E-state index in [0.29, 0.717) is 17.1 Å². The van der Waals surface area contributed by atoms with Crippen LogP contribution in [0.2, 0.25) is 5.02 Å². The Morgan fingerprint density at radius 3 is 2.69 bits per heavy atom. The van der Waals surface area contributed by atoms with Gasteiger partial charge < -0.3 is 14.8 Å². The van der Waals surface area contributed by atoms with Gasteiger partial charge in [0.2, 0.25) is 0 Å². The largest absolute Gasteiger partial charge is 0.488 e. The molecule has 0 aromatic heterocycles. The summed E-state index contributed by atoms with van der Waals surface area (Å²) in [5.74, 6) is 0. The molecule has 0 amide bonds. The Morgan fingerprint density at radius 2 is 2.15 bits per heavy atom. The van der Waals surface area contributed by atoms with Crippen LogP contribution < -0.4 is 5.46 Å². The van der Waals surface area contributed by atoms with Crippen LogP contribution in [-0.4, -0.2) is 24.3 Å². The van der Waals surface area contributed by atoms with Crippen LogP contribution >= 0.6 is 11.6 Å². The fourth-order valence-corrected chi connectivity index (χ4v) is 1.27. The van der Waals surface area contributed by atoms with E-state index in [-0.39, 0.29) is 0 Å². The number of rotatable bonds is 3. The molecule has 0 radical (unpaired) electrons. The second-order valence-electron chi connectivity index (χ2n) is 2.65. The number of halogens is 1. The Morgan fingerprint density at radius 1 is 1.46 bits per heavy atom. The van der Waals surface area contributed by atoms with Gasteiger partial charge in [-0.05, 0) is 23.2 Å². The SMILES string of the molecule is COCc1ccc(Cl)cc1B(O)O. The number of benzene rings is 1. The molecule has 0 aliphatic carbocycles. The number of hydrogen-bond acceptors (Lipinski definition) is 3. The third kappa shape index (κ3) is 2.71. The lowest BCUT2D eigenvalue weighted by Gasteiger charge is -2.07. The minimum Gasteiger partial charge on any atom is -0.423 e. The summed E-state index contributed by atoms with van der Waals surface area (Å²) in [7, 11) is 0.0335. The Balaban J connectivity index is 3.03. The summed E-state index contributed by atoms with van der Waals surface area (Å²) >= 11 is 5.70. The predicted octanol–water partition coefficient (Wildman–Crippen LogP) is 0.166. The van der Waals surface area contributed by atoms with Crippen LogP contribution in [0, 0.1) is 0 Å². The zero-order valence-corrected chi connectivity index (χ0v) is 7.95. The second kappa shape index (κ2) is 4.62. The van der Waals surface area contributed by atoms with Crippen molar-refractivity contribution in [1.29, 1.82) is 0 Å². The monoisotopic (exact) mass is 200 g/mol. The van der Waals surface area contributed by atoms with Gasteiger partial charge in [0.15, 0.2) is 0 Å². The van der Waals surface area contributed by atoms with Crippen molar-refractivity contribution < 1.29 is 14.8 Å². The fraction of sp³-hybridized carbons (Fsp3) is 0.250. The van der Waals surface area contributed by atoms with Crippen LogP contribution in [0.15, 0.2) is 18.2 Å². The Labute approximate surface area is 82.1 Å². The molecule has 1 rings (SSSR count). The smallest absolute Gasteiger partial charge is 0.423 e. The van der Waals surface area contributed by atoms with Crippen molar-refractivity contribution in [3.63, 3.8) is 0 Å². The van der Waals surface area contributed by atoms with Gasteiger partial charge in [-0.1, -0.05) is 17.7 Å². The van der Waals surface area contributed by atoms with Crippen LogP contribution in [0.1, 0.15) is 5.56 Å². The highest BCUT2D eigenvalue weighted by molar-refractivity contribution is 6.59. The van der Waals surface area contributed by atoms with Crippen molar-refractivity contribution in [3.8, 4) is 0 Å². The highest BCUT2D eigenvalue weighted by Crippen LogP contribution is 2.08. The van der Waals surface area contributed by atoms with Crippen molar-refractivity contribution in [3.05, 3.63) is 28.8 Å². The van der Waals surface area contributed by atoms with Crippen molar-refractivity contribution in [2.45, 2.75) is 6.61 Å². The van der Waals surface area contributed by atoms with Gasteiger partial charge in [0.25, 0.3) is 0 Å². The van der Waals surface area contributed by atoms with Crippen molar-refractivity contribution in [2.75, 3.05) is 7.11 Å².